The van der Waals surface area contributed by atoms with E-state index < -0.39 is 27.2 Å². The topological polar surface area (TPSA) is 87.6 Å². The Morgan fingerprint density at radius 3 is 2.57 bits per heavy atom. The van der Waals surface area contributed by atoms with E-state index in [1.165, 1.54) is 11.4 Å². The van der Waals surface area contributed by atoms with Crippen LogP contribution < -0.4 is 0 Å². The van der Waals surface area contributed by atoms with Crippen molar-refractivity contribution >= 4 is 16.0 Å². The zero-order chi connectivity index (χ0) is 15.6. The van der Waals surface area contributed by atoms with Crippen LogP contribution in [0.25, 0.3) is 0 Å². The Bertz CT molecular complexity index is 603. The van der Waals surface area contributed by atoms with Gasteiger partial charge in [-0.2, -0.15) is 4.31 Å². The second-order valence-corrected chi connectivity index (χ2v) is 7.64. The monoisotopic (exact) mass is 312 g/mol. The van der Waals surface area contributed by atoms with Gasteiger partial charge in [0.2, 0.25) is 10.0 Å². The van der Waals surface area contributed by atoms with Gasteiger partial charge in [-0.1, -0.05) is 6.42 Å². The molecule has 6 nitrogen and oxygen atoms in total. The minimum absolute atomic E-state index is 0.354. The van der Waals surface area contributed by atoms with Gasteiger partial charge in [0.1, 0.15) is 0 Å². The summed E-state index contributed by atoms with van der Waals surface area (Å²) in [7, 11) is -2.14. The summed E-state index contributed by atoms with van der Waals surface area (Å²) in [5, 5.41) is 8.36. The Labute approximate surface area is 124 Å². The number of rotatable bonds is 5. The summed E-state index contributed by atoms with van der Waals surface area (Å²) >= 11 is 0. The minimum Gasteiger partial charge on any atom is -0.481 e. The molecular weight excluding hydrogens is 292 g/mol. The molecule has 1 aromatic heterocycles. The van der Waals surface area contributed by atoms with Crippen LogP contribution in [0.2, 0.25) is 0 Å². The molecule has 1 saturated carbocycles. The third-order valence-corrected chi connectivity index (χ3v) is 6.74. The van der Waals surface area contributed by atoms with Gasteiger partial charge >= 0.3 is 5.97 Å². The first-order chi connectivity index (χ1) is 9.85. The predicted octanol–water partition coefficient (Wildman–Crippen LogP) is 1.66. The molecule has 1 fully saturated rings. The number of aliphatic carboxylic acids is 1. The van der Waals surface area contributed by atoms with Crippen LogP contribution in [-0.2, 0) is 14.8 Å². The molecule has 1 aliphatic carbocycles. The summed E-state index contributed by atoms with van der Waals surface area (Å²) in [4.78, 5) is 15.1. The van der Waals surface area contributed by atoms with Gasteiger partial charge in [-0.25, -0.2) is 8.42 Å². The zero-order valence-corrected chi connectivity index (χ0v) is 13.0. The average Bonchev–Trinajstić information content (AvgIpc) is 2.97. The fourth-order valence-corrected chi connectivity index (χ4v) is 4.97. The van der Waals surface area contributed by atoms with Gasteiger partial charge < -0.3 is 5.11 Å². The molecule has 0 aliphatic heterocycles. The van der Waals surface area contributed by atoms with Crippen LogP contribution in [-0.4, -0.2) is 41.1 Å². The van der Waals surface area contributed by atoms with E-state index in [9.17, 15) is 18.3 Å². The van der Waals surface area contributed by atoms with Crippen LogP contribution >= 0.6 is 0 Å². The first kappa shape index (κ1) is 15.9. The molecule has 1 N–H and O–H groups in total. The SMILES string of the molecule is CC(c1ccncc1)N(C)S(=O)(=O)C1CCCC1C(=O)O. The molecule has 2 rings (SSSR count). The quantitative estimate of drug-likeness (QED) is 0.893. The molecule has 1 aromatic rings. The predicted molar refractivity (Wildman–Crippen MR) is 78.1 cm³/mol. The molecule has 0 amide bonds. The van der Waals surface area contributed by atoms with Gasteiger partial charge in [-0.05, 0) is 37.5 Å². The third-order valence-electron chi connectivity index (χ3n) is 4.29. The normalized spacial score (nSPS) is 24.1. The molecular formula is C14H20N2O4S. The molecule has 116 valence electrons. The first-order valence-electron chi connectivity index (χ1n) is 6.95. The second-order valence-electron chi connectivity index (χ2n) is 5.43. The second kappa shape index (κ2) is 6.11. The van der Waals surface area contributed by atoms with Crippen molar-refractivity contribution in [3.63, 3.8) is 0 Å². The lowest BCUT2D eigenvalue weighted by atomic mass is 10.1. The maximum Gasteiger partial charge on any atom is 0.307 e. The lowest BCUT2D eigenvalue weighted by molar-refractivity contribution is -0.141. The van der Waals surface area contributed by atoms with E-state index in [4.69, 9.17) is 0 Å². The van der Waals surface area contributed by atoms with Crippen LogP contribution in [0.3, 0.4) is 0 Å². The van der Waals surface area contributed by atoms with E-state index in [0.29, 0.717) is 19.3 Å². The number of sulfonamides is 1. The van der Waals surface area contributed by atoms with Crippen LogP contribution in [0, 0.1) is 5.92 Å². The van der Waals surface area contributed by atoms with Gasteiger partial charge in [0.15, 0.2) is 0 Å². The number of pyridine rings is 1. The van der Waals surface area contributed by atoms with Gasteiger partial charge in [-0.3, -0.25) is 9.78 Å². The lowest BCUT2D eigenvalue weighted by Crippen LogP contribution is -2.41. The van der Waals surface area contributed by atoms with Crippen LogP contribution in [0.1, 0.15) is 37.8 Å². The Morgan fingerprint density at radius 2 is 2.00 bits per heavy atom. The molecule has 1 aliphatic rings. The van der Waals surface area contributed by atoms with Gasteiger partial charge in [-0.15, -0.1) is 0 Å². The summed E-state index contributed by atoms with van der Waals surface area (Å²) < 4.78 is 26.7. The summed E-state index contributed by atoms with van der Waals surface area (Å²) in [6.45, 7) is 1.79. The fraction of sp³-hybridized carbons (Fsp3) is 0.571. The van der Waals surface area contributed by atoms with E-state index in [2.05, 4.69) is 4.98 Å². The standard InChI is InChI=1S/C14H20N2O4S/c1-10(11-6-8-15-9-7-11)16(2)21(19,20)13-5-3-4-12(13)14(17)18/h6-10,12-13H,3-5H2,1-2H3,(H,17,18). The molecule has 3 unspecified atom stereocenters. The van der Waals surface area contributed by atoms with Crippen molar-refractivity contribution in [2.75, 3.05) is 7.05 Å². The largest absolute Gasteiger partial charge is 0.481 e. The molecule has 3 atom stereocenters. The highest BCUT2D eigenvalue weighted by molar-refractivity contribution is 7.89. The Hall–Kier alpha value is -1.47. The zero-order valence-electron chi connectivity index (χ0n) is 12.1. The van der Waals surface area contributed by atoms with Crippen molar-refractivity contribution in [1.29, 1.82) is 0 Å². The number of hydrogen-bond donors (Lipinski definition) is 1. The summed E-state index contributed by atoms with van der Waals surface area (Å²) in [6.07, 6.45) is 4.70. The van der Waals surface area contributed by atoms with Crippen molar-refractivity contribution in [1.82, 2.24) is 9.29 Å². The number of nitrogens with zero attached hydrogens (tertiary/aromatic N) is 2. The number of carboxylic acids is 1. The van der Waals surface area contributed by atoms with Gasteiger partial charge in [0, 0.05) is 25.5 Å². The van der Waals surface area contributed by atoms with Crippen molar-refractivity contribution in [3.05, 3.63) is 30.1 Å². The maximum atomic E-state index is 12.7. The van der Waals surface area contributed by atoms with Crippen molar-refractivity contribution in [2.45, 2.75) is 37.5 Å². The van der Waals surface area contributed by atoms with Crippen LogP contribution in [0.4, 0.5) is 0 Å². The molecule has 0 radical (unpaired) electrons. The highest BCUT2D eigenvalue weighted by Crippen LogP contribution is 2.35. The minimum atomic E-state index is -3.65. The maximum absolute atomic E-state index is 12.7. The summed E-state index contributed by atoms with van der Waals surface area (Å²) in [5.74, 6) is -1.83. The lowest BCUT2D eigenvalue weighted by Gasteiger charge is -2.29. The third kappa shape index (κ3) is 3.08. The van der Waals surface area contributed by atoms with Gasteiger partial charge in [0.25, 0.3) is 0 Å². The Morgan fingerprint density at radius 1 is 1.38 bits per heavy atom. The molecule has 0 spiro atoms. The van der Waals surface area contributed by atoms with Crippen LogP contribution in [0.15, 0.2) is 24.5 Å². The van der Waals surface area contributed by atoms with Crippen molar-refractivity contribution in [3.8, 4) is 0 Å². The Balaban J connectivity index is 2.25. The van der Waals surface area contributed by atoms with E-state index in [0.717, 1.165) is 5.56 Å². The fourth-order valence-electron chi connectivity index (χ4n) is 2.85. The highest BCUT2D eigenvalue weighted by atomic mass is 32.2. The van der Waals surface area contributed by atoms with E-state index >= 15 is 0 Å². The smallest absolute Gasteiger partial charge is 0.307 e. The number of carbonyl (C=O) groups is 1. The van der Waals surface area contributed by atoms with Gasteiger partial charge in [0.05, 0.1) is 11.2 Å². The average molecular weight is 312 g/mol. The summed E-state index contributed by atoms with van der Waals surface area (Å²) in [6, 6.07) is 3.17. The first-order valence-corrected chi connectivity index (χ1v) is 8.45. The molecule has 1 heterocycles. The van der Waals surface area contributed by atoms with Crippen molar-refractivity contribution < 1.29 is 18.3 Å². The van der Waals surface area contributed by atoms with E-state index in [-0.39, 0.29) is 6.04 Å². The summed E-state index contributed by atoms with van der Waals surface area (Å²) in [5.41, 5.74) is 0.834. The molecule has 21 heavy (non-hydrogen) atoms. The number of aromatic nitrogens is 1. The molecule has 0 saturated heterocycles. The van der Waals surface area contributed by atoms with E-state index in [1.807, 2.05) is 0 Å². The molecule has 0 bridgehead atoms. The Kier molecular flexibility index (Phi) is 4.63. The molecule has 0 aromatic carbocycles. The van der Waals surface area contributed by atoms with Crippen molar-refractivity contribution in [2.24, 2.45) is 5.92 Å². The van der Waals surface area contributed by atoms with Crippen LogP contribution in [0.5, 0.6) is 0 Å². The molecule has 7 heteroatoms. The highest BCUT2D eigenvalue weighted by Gasteiger charge is 2.44. The number of carboxylic acid groups (broad SMARTS) is 1. The number of hydrogen-bond acceptors (Lipinski definition) is 4. The van der Waals surface area contributed by atoms with E-state index in [1.54, 1.807) is 31.5 Å².